The van der Waals surface area contributed by atoms with Crippen LogP contribution < -0.4 is 28.7 Å². The van der Waals surface area contributed by atoms with E-state index in [4.69, 9.17) is 18.9 Å². The number of nitrogens with one attached hydrogen (secondary N) is 1. The quantitative estimate of drug-likeness (QED) is 0.224. The Morgan fingerprint density at radius 1 is 0.900 bits per heavy atom. The van der Waals surface area contributed by atoms with Crippen LogP contribution in [0.4, 0.5) is 5.69 Å². The molecule has 11 heteroatoms. The van der Waals surface area contributed by atoms with Crippen molar-refractivity contribution in [3.63, 3.8) is 0 Å². The van der Waals surface area contributed by atoms with Gasteiger partial charge in [-0.2, -0.15) is 5.10 Å². The van der Waals surface area contributed by atoms with Crippen LogP contribution in [0.3, 0.4) is 0 Å². The van der Waals surface area contributed by atoms with E-state index in [2.05, 4.69) is 10.5 Å². The van der Waals surface area contributed by atoms with Gasteiger partial charge in [-0.3, -0.25) is 9.10 Å². The zero-order valence-corrected chi connectivity index (χ0v) is 24.2. The number of aryl methyl sites for hydroxylation is 1. The highest BCUT2D eigenvalue weighted by atomic mass is 32.2. The minimum atomic E-state index is -4.17. The third-order valence-electron chi connectivity index (χ3n) is 5.68. The number of hydrogen-bond donors (Lipinski definition) is 1. The smallest absolute Gasteiger partial charge is 0.264 e. The molecule has 0 radical (unpaired) electrons. The fourth-order valence-corrected chi connectivity index (χ4v) is 5.12. The van der Waals surface area contributed by atoms with Crippen molar-refractivity contribution in [1.82, 2.24) is 5.43 Å². The molecule has 0 aliphatic heterocycles. The van der Waals surface area contributed by atoms with Crippen LogP contribution in [0.15, 0.2) is 70.7 Å². The van der Waals surface area contributed by atoms with E-state index in [1.165, 1.54) is 38.6 Å². The summed E-state index contributed by atoms with van der Waals surface area (Å²) in [6.07, 6.45) is 2.31. The number of benzene rings is 3. The van der Waals surface area contributed by atoms with Gasteiger partial charge < -0.3 is 18.9 Å². The average molecular weight is 570 g/mol. The minimum Gasteiger partial charge on any atom is -0.493 e. The Kier molecular flexibility index (Phi) is 10.8. The summed E-state index contributed by atoms with van der Waals surface area (Å²) in [6, 6.07) is 16.4. The number of methoxy groups -OCH3 is 2. The number of anilines is 1. The molecule has 0 bridgehead atoms. The van der Waals surface area contributed by atoms with Crippen molar-refractivity contribution < 1.29 is 32.2 Å². The molecule has 3 aromatic carbocycles. The van der Waals surface area contributed by atoms with Crippen molar-refractivity contribution in [2.24, 2.45) is 5.10 Å². The average Bonchev–Trinajstić information content (AvgIpc) is 2.95. The van der Waals surface area contributed by atoms with E-state index in [0.717, 1.165) is 16.3 Å². The third kappa shape index (κ3) is 7.66. The molecule has 0 saturated carbocycles. The van der Waals surface area contributed by atoms with E-state index < -0.39 is 22.5 Å². The zero-order chi connectivity index (χ0) is 29.1. The molecule has 0 heterocycles. The Bertz CT molecular complexity index is 1420. The summed E-state index contributed by atoms with van der Waals surface area (Å²) < 4.78 is 50.3. The molecule has 10 nitrogen and oxygen atoms in total. The molecule has 0 aliphatic carbocycles. The number of rotatable bonds is 14. The molecule has 3 rings (SSSR count). The first-order valence-electron chi connectivity index (χ1n) is 12.8. The lowest BCUT2D eigenvalue weighted by molar-refractivity contribution is -0.119. The lowest BCUT2D eigenvalue weighted by Gasteiger charge is -2.24. The maximum Gasteiger partial charge on any atom is 0.264 e. The molecular formula is C29H35N3O7S. The van der Waals surface area contributed by atoms with Crippen LogP contribution in [0.5, 0.6) is 23.0 Å². The molecule has 0 aromatic heterocycles. The molecule has 3 aromatic rings. The fourth-order valence-electron chi connectivity index (χ4n) is 3.68. The van der Waals surface area contributed by atoms with Gasteiger partial charge in [-0.15, -0.1) is 0 Å². The highest BCUT2D eigenvalue weighted by Crippen LogP contribution is 2.32. The first-order valence-corrected chi connectivity index (χ1v) is 14.2. The number of sulfonamides is 1. The van der Waals surface area contributed by atoms with Crippen molar-refractivity contribution in [3.05, 3.63) is 71.8 Å². The highest BCUT2D eigenvalue weighted by molar-refractivity contribution is 7.92. The van der Waals surface area contributed by atoms with Crippen molar-refractivity contribution in [3.8, 4) is 23.0 Å². The number of hydrazone groups is 1. The molecule has 1 amide bonds. The molecule has 1 N–H and O–H groups in total. The number of amides is 1. The van der Waals surface area contributed by atoms with Gasteiger partial charge in [-0.1, -0.05) is 24.6 Å². The SMILES string of the molecule is CCCOc1ccc(/C=N\NC(=O)CN(c2ccc(C)cc2)S(=O)(=O)c2ccc(OC)c(OC)c2)cc1OCC. The minimum absolute atomic E-state index is 0.0594. The lowest BCUT2D eigenvalue weighted by Crippen LogP contribution is -2.39. The predicted octanol–water partition coefficient (Wildman–Crippen LogP) is 4.55. The van der Waals surface area contributed by atoms with Gasteiger partial charge in [-0.25, -0.2) is 13.8 Å². The Morgan fingerprint density at radius 3 is 2.25 bits per heavy atom. The van der Waals surface area contributed by atoms with Crippen molar-refractivity contribution >= 4 is 27.8 Å². The Hall–Kier alpha value is -4.25. The van der Waals surface area contributed by atoms with Gasteiger partial charge in [0, 0.05) is 6.07 Å². The van der Waals surface area contributed by atoms with E-state index in [0.29, 0.717) is 41.7 Å². The number of nitrogens with zero attached hydrogens (tertiary/aromatic N) is 2. The molecule has 0 unspecified atom stereocenters. The molecule has 0 spiro atoms. The predicted molar refractivity (Wildman–Crippen MR) is 154 cm³/mol. The summed E-state index contributed by atoms with van der Waals surface area (Å²) >= 11 is 0. The van der Waals surface area contributed by atoms with Gasteiger partial charge >= 0.3 is 0 Å². The van der Waals surface area contributed by atoms with Crippen LogP contribution in [0.2, 0.25) is 0 Å². The summed E-state index contributed by atoms with van der Waals surface area (Å²) in [5.41, 5.74) is 4.35. The highest BCUT2D eigenvalue weighted by Gasteiger charge is 2.28. The molecule has 0 saturated heterocycles. The summed E-state index contributed by atoms with van der Waals surface area (Å²) in [6.45, 7) is 6.29. The maximum atomic E-state index is 13.7. The first kappa shape index (κ1) is 30.3. The fraction of sp³-hybridized carbons (Fsp3) is 0.310. The monoisotopic (exact) mass is 569 g/mol. The van der Waals surface area contributed by atoms with Gasteiger partial charge in [-0.05, 0) is 68.3 Å². The molecule has 0 atom stereocenters. The molecule has 0 fully saturated rings. The van der Waals surface area contributed by atoms with E-state index in [-0.39, 0.29) is 10.6 Å². The topological polar surface area (TPSA) is 116 Å². The summed E-state index contributed by atoms with van der Waals surface area (Å²) in [5, 5.41) is 4.02. The Balaban J connectivity index is 1.83. The number of carbonyl (C=O) groups excluding carboxylic acids is 1. The number of ether oxygens (including phenoxy) is 4. The zero-order valence-electron chi connectivity index (χ0n) is 23.3. The molecule has 40 heavy (non-hydrogen) atoms. The van der Waals surface area contributed by atoms with E-state index in [1.54, 1.807) is 42.5 Å². The van der Waals surface area contributed by atoms with Gasteiger partial charge in [0.15, 0.2) is 23.0 Å². The molecule has 214 valence electrons. The van der Waals surface area contributed by atoms with E-state index in [9.17, 15) is 13.2 Å². The Labute approximate surface area is 235 Å². The Morgan fingerprint density at radius 2 is 1.60 bits per heavy atom. The molecule has 0 aliphatic rings. The summed E-state index contributed by atoms with van der Waals surface area (Å²) in [4.78, 5) is 12.8. The summed E-state index contributed by atoms with van der Waals surface area (Å²) in [5.74, 6) is 1.19. The van der Waals surface area contributed by atoms with Crippen LogP contribution in [-0.4, -0.2) is 54.5 Å². The maximum absolute atomic E-state index is 13.7. The second-order valence-electron chi connectivity index (χ2n) is 8.64. The van der Waals surface area contributed by atoms with Crippen molar-refractivity contribution in [2.45, 2.75) is 32.1 Å². The summed E-state index contributed by atoms with van der Waals surface area (Å²) in [7, 11) is -1.29. The molecular weight excluding hydrogens is 534 g/mol. The van der Waals surface area contributed by atoms with E-state index in [1.807, 2.05) is 20.8 Å². The van der Waals surface area contributed by atoms with Crippen LogP contribution in [0.25, 0.3) is 0 Å². The van der Waals surface area contributed by atoms with Crippen molar-refractivity contribution in [2.75, 3.05) is 38.3 Å². The standard InChI is InChI=1S/C29H35N3O7S/c1-6-16-39-26-14-10-22(17-28(26)38-7-2)19-30-31-29(33)20-32(23-11-8-21(3)9-12-23)40(34,35)24-13-15-25(36-4)27(18-24)37-5/h8-15,17-19H,6-7,16,20H2,1-5H3,(H,31,33)/b30-19-. The van der Waals surface area contributed by atoms with Gasteiger partial charge in [0.25, 0.3) is 15.9 Å². The van der Waals surface area contributed by atoms with Gasteiger partial charge in [0.1, 0.15) is 6.54 Å². The van der Waals surface area contributed by atoms with Gasteiger partial charge in [0.05, 0.1) is 44.2 Å². The van der Waals surface area contributed by atoms with Crippen LogP contribution in [-0.2, 0) is 14.8 Å². The third-order valence-corrected chi connectivity index (χ3v) is 7.45. The van der Waals surface area contributed by atoms with Crippen LogP contribution >= 0.6 is 0 Å². The lowest BCUT2D eigenvalue weighted by atomic mass is 10.2. The largest absolute Gasteiger partial charge is 0.493 e. The first-order chi connectivity index (χ1) is 19.2. The van der Waals surface area contributed by atoms with Crippen molar-refractivity contribution in [1.29, 1.82) is 0 Å². The van der Waals surface area contributed by atoms with Gasteiger partial charge in [0.2, 0.25) is 0 Å². The second kappa shape index (κ2) is 14.2. The number of hydrogen-bond acceptors (Lipinski definition) is 8. The van der Waals surface area contributed by atoms with E-state index >= 15 is 0 Å². The number of carbonyl (C=O) groups is 1. The second-order valence-corrected chi connectivity index (χ2v) is 10.5. The van der Waals surface area contributed by atoms with Crippen LogP contribution in [0.1, 0.15) is 31.4 Å². The van der Waals surface area contributed by atoms with Crippen LogP contribution in [0, 0.1) is 6.92 Å². The normalized spacial score (nSPS) is 11.2.